The van der Waals surface area contributed by atoms with Crippen molar-refractivity contribution in [3.05, 3.63) is 12.0 Å². The molecule has 0 saturated carbocycles. The van der Waals surface area contributed by atoms with Crippen LogP contribution in [0.25, 0.3) is 11.0 Å². The molecular formula is C13H20N6OS. The molecule has 3 rings (SSSR count). The van der Waals surface area contributed by atoms with Gasteiger partial charge in [0.1, 0.15) is 11.6 Å². The number of hydrogen-bond donors (Lipinski definition) is 1. The van der Waals surface area contributed by atoms with Crippen LogP contribution in [0, 0.1) is 0 Å². The van der Waals surface area contributed by atoms with E-state index in [1.54, 1.807) is 10.9 Å². The van der Waals surface area contributed by atoms with Gasteiger partial charge >= 0.3 is 0 Å². The maximum absolute atomic E-state index is 11.4. The fourth-order valence-corrected chi connectivity index (χ4v) is 3.60. The zero-order valence-corrected chi connectivity index (χ0v) is 13.2. The van der Waals surface area contributed by atoms with E-state index in [0.29, 0.717) is 6.54 Å². The van der Waals surface area contributed by atoms with E-state index in [-0.39, 0.29) is 0 Å². The monoisotopic (exact) mass is 308 g/mol. The van der Waals surface area contributed by atoms with Gasteiger partial charge in [-0.05, 0) is 6.92 Å². The Bertz CT molecular complexity index is 660. The maximum atomic E-state index is 11.4. The van der Waals surface area contributed by atoms with Crippen LogP contribution in [-0.2, 0) is 24.4 Å². The maximum Gasteiger partial charge on any atom is 0.163 e. The van der Waals surface area contributed by atoms with Crippen molar-refractivity contribution in [2.24, 2.45) is 7.05 Å². The van der Waals surface area contributed by atoms with Crippen molar-refractivity contribution in [3.63, 3.8) is 0 Å². The summed E-state index contributed by atoms with van der Waals surface area (Å²) in [5, 5.41) is 8.48. The predicted molar refractivity (Wildman–Crippen MR) is 83.6 cm³/mol. The minimum atomic E-state index is -0.655. The van der Waals surface area contributed by atoms with E-state index in [2.05, 4.69) is 25.3 Å². The molecule has 0 atom stereocenters. The van der Waals surface area contributed by atoms with Gasteiger partial charge in [0.05, 0.1) is 18.1 Å². The number of aryl methyl sites for hydroxylation is 1. The molecule has 0 unspecified atom stereocenters. The van der Waals surface area contributed by atoms with Crippen LogP contribution in [0.2, 0.25) is 0 Å². The number of aromatic nitrogens is 4. The van der Waals surface area contributed by atoms with E-state index in [4.69, 9.17) is 0 Å². The summed E-state index contributed by atoms with van der Waals surface area (Å²) < 4.78 is 13.2. The Morgan fingerprint density at radius 1 is 1.33 bits per heavy atom. The summed E-state index contributed by atoms with van der Waals surface area (Å²) in [6.07, 6.45) is 1.79. The van der Waals surface area contributed by atoms with Crippen LogP contribution in [0.5, 0.6) is 0 Å². The lowest BCUT2D eigenvalue weighted by Gasteiger charge is -2.25. The van der Waals surface area contributed by atoms with Crippen LogP contribution in [0.4, 0.5) is 5.82 Å². The Hall–Kier alpha value is -1.54. The lowest BCUT2D eigenvalue weighted by atomic mass is 10.3. The van der Waals surface area contributed by atoms with Crippen molar-refractivity contribution in [1.82, 2.24) is 24.6 Å². The fraction of sp³-hybridized carbons (Fsp3) is 0.615. The molecule has 7 nitrogen and oxygen atoms in total. The van der Waals surface area contributed by atoms with E-state index in [1.807, 2.05) is 14.0 Å². The summed E-state index contributed by atoms with van der Waals surface area (Å²) in [6, 6.07) is 0. The largest absolute Gasteiger partial charge is 0.370 e. The van der Waals surface area contributed by atoms with Gasteiger partial charge in [0.25, 0.3) is 0 Å². The van der Waals surface area contributed by atoms with Gasteiger partial charge in [-0.3, -0.25) is 13.8 Å². The van der Waals surface area contributed by atoms with Gasteiger partial charge in [0, 0.05) is 49.0 Å². The Kier molecular flexibility index (Phi) is 4.16. The minimum absolute atomic E-state index is 0.655. The highest BCUT2D eigenvalue weighted by molar-refractivity contribution is 7.85. The molecule has 0 amide bonds. The van der Waals surface area contributed by atoms with Gasteiger partial charge in [-0.25, -0.2) is 9.97 Å². The van der Waals surface area contributed by atoms with Crippen molar-refractivity contribution < 1.29 is 4.21 Å². The van der Waals surface area contributed by atoms with E-state index in [9.17, 15) is 4.21 Å². The molecule has 0 aliphatic carbocycles. The summed E-state index contributed by atoms with van der Waals surface area (Å²) >= 11 is 0. The molecular weight excluding hydrogens is 288 g/mol. The average molecular weight is 308 g/mol. The van der Waals surface area contributed by atoms with Crippen LogP contribution in [0.1, 0.15) is 12.7 Å². The molecule has 1 fully saturated rings. The van der Waals surface area contributed by atoms with E-state index in [0.717, 1.165) is 53.8 Å². The van der Waals surface area contributed by atoms with Crippen molar-refractivity contribution in [2.75, 3.05) is 36.5 Å². The Labute approximate surface area is 126 Å². The Morgan fingerprint density at radius 2 is 2.10 bits per heavy atom. The number of hydrogen-bond acceptors (Lipinski definition) is 6. The molecule has 114 valence electrons. The van der Waals surface area contributed by atoms with Crippen molar-refractivity contribution in [2.45, 2.75) is 13.5 Å². The first-order chi connectivity index (χ1) is 10.2. The average Bonchev–Trinajstić information content (AvgIpc) is 2.84. The second-order valence-corrected chi connectivity index (χ2v) is 6.84. The van der Waals surface area contributed by atoms with Crippen molar-refractivity contribution >= 4 is 27.7 Å². The normalized spacial score (nSPS) is 17.4. The van der Waals surface area contributed by atoms with E-state index in [1.165, 1.54) is 0 Å². The Morgan fingerprint density at radius 3 is 2.81 bits per heavy atom. The summed E-state index contributed by atoms with van der Waals surface area (Å²) in [5.41, 5.74) is 0.844. The quantitative estimate of drug-likeness (QED) is 0.879. The molecule has 2 aromatic heterocycles. The molecule has 0 aromatic carbocycles. The smallest absolute Gasteiger partial charge is 0.163 e. The van der Waals surface area contributed by atoms with Gasteiger partial charge in [-0.1, -0.05) is 0 Å². The third-order valence-electron chi connectivity index (χ3n) is 3.62. The van der Waals surface area contributed by atoms with Gasteiger partial charge in [0.2, 0.25) is 0 Å². The standard InChI is InChI=1S/C13H20N6OS/c1-3-14-12-10-8-15-18(2)13(10)17-11(16-12)9-19-4-6-21(20)7-5-19/h8H,3-7,9H2,1-2H3,(H,14,16,17). The van der Waals surface area contributed by atoms with Gasteiger partial charge in [-0.15, -0.1) is 0 Å². The first-order valence-electron chi connectivity index (χ1n) is 7.17. The zero-order valence-electron chi connectivity index (χ0n) is 12.4. The molecule has 0 spiro atoms. The van der Waals surface area contributed by atoms with Crippen LogP contribution < -0.4 is 5.32 Å². The van der Waals surface area contributed by atoms with Crippen LogP contribution in [0.3, 0.4) is 0 Å². The number of nitrogens with one attached hydrogen (secondary N) is 1. The highest BCUT2D eigenvalue weighted by Crippen LogP contribution is 2.20. The van der Waals surface area contributed by atoms with Gasteiger partial charge in [-0.2, -0.15) is 5.10 Å². The second kappa shape index (κ2) is 6.07. The topological polar surface area (TPSA) is 75.9 Å². The highest BCUT2D eigenvalue weighted by Gasteiger charge is 2.18. The summed E-state index contributed by atoms with van der Waals surface area (Å²) in [6.45, 7) is 5.23. The molecule has 8 heteroatoms. The minimum Gasteiger partial charge on any atom is -0.370 e. The number of fused-ring (bicyclic) bond motifs is 1. The molecule has 1 N–H and O–H groups in total. The number of rotatable bonds is 4. The molecule has 21 heavy (non-hydrogen) atoms. The summed E-state index contributed by atoms with van der Waals surface area (Å²) in [4.78, 5) is 11.5. The molecule has 2 aromatic rings. The molecule has 1 saturated heterocycles. The highest BCUT2D eigenvalue weighted by atomic mass is 32.2. The van der Waals surface area contributed by atoms with E-state index >= 15 is 0 Å². The number of nitrogens with zero attached hydrogens (tertiary/aromatic N) is 5. The Balaban J connectivity index is 1.87. The van der Waals surface area contributed by atoms with Crippen molar-refractivity contribution in [3.8, 4) is 0 Å². The summed E-state index contributed by atoms with van der Waals surface area (Å²) in [7, 11) is 1.23. The molecule has 0 radical (unpaired) electrons. The lowest BCUT2D eigenvalue weighted by Crippen LogP contribution is -2.37. The predicted octanol–water partition coefficient (Wildman–Crippen LogP) is 0.359. The SMILES string of the molecule is CCNc1nc(CN2CCS(=O)CC2)nc2c1cnn2C. The fourth-order valence-electron chi connectivity index (χ4n) is 2.47. The van der Waals surface area contributed by atoms with Gasteiger partial charge in [0.15, 0.2) is 5.65 Å². The zero-order chi connectivity index (χ0) is 14.8. The molecule has 3 heterocycles. The van der Waals surface area contributed by atoms with Crippen LogP contribution in [-0.4, -0.2) is 60.0 Å². The van der Waals surface area contributed by atoms with Crippen LogP contribution in [0.15, 0.2) is 6.20 Å². The van der Waals surface area contributed by atoms with Crippen LogP contribution >= 0.6 is 0 Å². The lowest BCUT2D eigenvalue weighted by molar-refractivity contribution is 0.284. The molecule has 0 bridgehead atoms. The first-order valence-corrected chi connectivity index (χ1v) is 8.66. The van der Waals surface area contributed by atoms with Crippen molar-refractivity contribution in [1.29, 1.82) is 0 Å². The molecule has 1 aliphatic heterocycles. The third-order valence-corrected chi connectivity index (χ3v) is 4.89. The number of anilines is 1. The first kappa shape index (κ1) is 14.4. The second-order valence-electron chi connectivity index (χ2n) is 5.15. The van der Waals surface area contributed by atoms with Gasteiger partial charge < -0.3 is 5.32 Å². The molecule has 1 aliphatic rings. The third kappa shape index (κ3) is 3.06. The summed E-state index contributed by atoms with van der Waals surface area (Å²) in [5.74, 6) is 3.11. The van der Waals surface area contributed by atoms with E-state index < -0.39 is 10.8 Å².